The number of halogens is 1. The van der Waals surface area contributed by atoms with Gasteiger partial charge in [0.1, 0.15) is 5.75 Å². The lowest BCUT2D eigenvalue weighted by Gasteiger charge is -2.36. The summed E-state index contributed by atoms with van der Waals surface area (Å²) in [4.78, 5) is 39.0. The number of carbonyl (C=O) groups excluding carboxylic acids is 2. The number of aliphatic hydroxyl groups is 2. The molecule has 42 heavy (non-hydrogen) atoms. The number of phenolic OH excluding ortho intramolecular Hbond substituents is 1. The highest BCUT2D eigenvalue weighted by molar-refractivity contribution is 6.32. The molecule has 2 aromatic rings. The van der Waals surface area contributed by atoms with E-state index in [1.807, 2.05) is 13.0 Å². The first-order valence-corrected chi connectivity index (χ1v) is 14.8. The lowest BCUT2D eigenvalue weighted by molar-refractivity contribution is -0.384. The number of nitro benzene ring substituents is 1. The van der Waals surface area contributed by atoms with Crippen molar-refractivity contribution in [1.29, 1.82) is 0 Å². The van der Waals surface area contributed by atoms with Crippen LogP contribution < -0.4 is 4.90 Å². The first kappa shape index (κ1) is 31.4. The summed E-state index contributed by atoms with van der Waals surface area (Å²) in [7, 11) is 0. The Bertz CT molecular complexity index is 1420. The van der Waals surface area contributed by atoms with Gasteiger partial charge in [-0.2, -0.15) is 0 Å². The lowest BCUT2D eigenvalue weighted by Crippen LogP contribution is -2.39. The van der Waals surface area contributed by atoms with Crippen LogP contribution in [-0.4, -0.2) is 44.8 Å². The van der Waals surface area contributed by atoms with Gasteiger partial charge in [0.2, 0.25) is 11.8 Å². The Labute approximate surface area is 250 Å². The van der Waals surface area contributed by atoms with Crippen LogP contribution in [0.5, 0.6) is 5.75 Å². The molecule has 0 bridgehead atoms. The SMILES string of the molecule is CCCC1=C([C@H](O)CC/C(=C/c2ccc(O)cc2Cl)CCC)[C@H](CO)[C@@H]2C(=O)N(c3cccc([N+](=O)[O-])c3)C(=O)[C@@H]2C1. The number of aliphatic hydroxyl groups excluding tert-OH is 2. The van der Waals surface area contributed by atoms with Gasteiger partial charge in [-0.25, -0.2) is 4.90 Å². The highest BCUT2D eigenvalue weighted by Gasteiger charge is 2.55. The number of allylic oxidation sites excluding steroid dienone is 2. The largest absolute Gasteiger partial charge is 0.508 e. The van der Waals surface area contributed by atoms with E-state index in [0.29, 0.717) is 29.9 Å². The highest BCUT2D eigenvalue weighted by Crippen LogP contribution is 2.48. The third-order valence-electron chi connectivity index (χ3n) is 8.24. The Morgan fingerprint density at radius 1 is 1.14 bits per heavy atom. The van der Waals surface area contributed by atoms with E-state index in [0.717, 1.165) is 40.9 Å². The van der Waals surface area contributed by atoms with Crippen LogP contribution in [0, 0.1) is 27.9 Å². The van der Waals surface area contributed by atoms with Crippen molar-refractivity contribution < 1.29 is 29.8 Å². The second-order valence-electron chi connectivity index (χ2n) is 11.0. The topological polar surface area (TPSA) is 141 Å². The molecule has 0 spiro atoms. The van der Waals surface area contributed by atoms with Gasteiger partial charge in [0, 0.05) is 18.1 Å². The molecule has 3 N–H and O–H groups in total. The molecule has 0 unspecified atom stereocenters. The van der Waals surface area contributed by atoms with Crippen molar-refractivity contribution in [2.75, 3.05) is 11.5 Å². The van der Waals surface area contributed by atoms with Gasteiger partial charge in [-0.1, -0.05) is 61.6 Å². The van der Waals surface area contributed by atoms with Crippen LogP contribution in [-0.2, 0) is 9.59 Å². The summed E-state index contributed by atoms with van der Waals surface area (Å²) in [5, 5.41) is 43.6. The number of hydrogen-bond donors (Lipinski definition) is 3. The third-order valence-corrected chi connectivity index (χ3v) is 8.57. The predicted molar refractivity (Wildman–Crippen MR) is 161 cm³/mol. The summed E-state index contributed by atoms with van der Waals surface area (Å²) >= 11 is 6.32. The minimum absolute atomic E-state index is 0.0784. The maximum atomic E-state index is 13.7. The van der Waals surface area contributed by atoms with E-state index >= 15 is 0 Å². The van der Waals surface area contributed by atoms with Crippen LogP contribution in [0.25, 0.3) is 6.08 Å². The minimum atomic E-state index is -0.935. The Hall–Kier alpha value is -3.53. The van der Waals surface area contributed by atoms with Gasteiger partial charge in [-0.15, -0.1) is 0 Å². The molecule has 1 aliphatic heterocycles. The second-order valence-corrected chi connectivity index (χ2v) is 11.4. The van der Waals surface area contributed by atoms with Crippen LogP contribution in [0.3, 0.4) is 0 Å². The number of imide groups is 1. The summed E-state index contributed by atoms with van der Waals surface area (Å²) in [5.74, 6) is -3.20. The van der Waals surface area contributed by atoms with Crippen molar-refractivity contribution in [3.63, 3.8) is 0 Å². The van der Waals surface area contributed by atoms with Crippen molar-refractivity contribution in [2.45, 2.75) is 64.9 Å². The fourth-order valence-electron chi connectivity index (χ4n) is 6.42. The number of aromatic hydroxyl groups is 1. The molecule has 224 valence electrons. The van der Waals surface area contributed by atoms with Gasteiger partial charge >= 0.3 is 0 Å². The van der Waals surface area contributed by atoms with Crippen molar-refractivity contribution in [2.24, 2.45) is 17.8 Å². The van der Waals surface area contributed by atoms with Crippen LogP contribution >= 0.6 is 11.6 Å². The summed E-state index contributed by atoms with van der Waals surface area (Å²) in [6, 6.07) is 10.2. The highest BCUT2D eigenvalue weighted by atomic mass is 35.5. The molecule has 0 radical (unpaired) electrons. The van der Waals surface area contributed by atoms with Crippen LogP contribution in [0.1, 0.15) is 64.4 Å². The van der Waals surface area contributed by atoms with Gasteiger partial charge in [0.05, 0.1) is 40.2 Å². The number of benzene rings is 2. The molecular weight excluding hydrogens is 560 g/mol. The molecule has 4 rings (SSSR count). The van der Waals surface area contributed by atoms with Crippen molar-refractivity contribution >= 4 is 40.9 Å². The Balaban J connectivity index is 1.62. The van der Waals surface area contributed by atoms with E-state index in [4.69, 9.17) is 11.6 Å². The van der Waals surface area contributed by atoms with Gasteiger partial charge < -0.3 is 15.3 Å². The average Bonchev–Trinajstić information content (AvgIpc) is 3.21. The number of anilines is 1. The van der Waals surface area contributed by atoms with Crippen molar-refractivity contribution in [1.82, 2.24) is 0 Å². The van der Waals surface area contributed by atoms with Gasteiger partial charge in [-0.3, -0.25) is 19.7 Å². The molecule has 2 aromatic carbocycles. The zero-order valence-corrected chi connectivity index (χ0v) is 24.6. The van der Waals surface area contributed by atoms with Crippen molar-refractivity contribution in [3.05, 3.63) is 79.9 Å². The lowest BCUT2D eigenvalue weighted by atomic mass is 9.67. The molecule has 2 aliphatic rings. The molecule has 9 nitrogen and oxygen atoms in total. The third kappa shape index (κ3) is 6.43. The van der Waals surface area contributed by atoms with Gasteiger partial charge in [0.25, 0.3) is 5.69 Å². The number of rotatable bonds is 12. The van der Waals surface area contributed by atoms with E-state index in [2.05, 4.69) is 6.92 Å². The predicted octanol–water partition coefficient (Wildman–Crippen LogP) is 6.19. The summed E-state index contributed by atoms with van der Waals surface area (Å²) in [5.41, 5.74) is 3.25. The number of fused-ring (bicyclic) bond motifs is 1. The fraction of sp³-hybridized carbons (Fsp3) is 0.438. The number of phenols is 1. The summed E-state index contributed by atoms with van der Waals surface area (Å²) in [6.45, 7) is 3.64. The first-order chi connectivity index (χ1) is 20.1. The van der Waals surface area contributed by atoms with Crippen LogP contribution in [0.15, 0.2) is 59.2 Å². The smallest absolute Gasteiger partial charge is 0.271 e. The van der Waals surface area contributed by atoms with E-state index in [9.17, 15) is 35.0 Å². The molecule has 2 amide bonds. The molecule has 1 heterocycles. The molecule has 0 saturated carbocycles. The monoisotopic (exact) mass is 596 g/mol. The molecule has 0 aromatic heterocycles. The normalized spacial score (nSPS) is 21.6. The standard InChI is InChI=1S/C32H37ClN2O7/c1-3-6-19(14-20-11-12-24(37)17-27(20)33)10-13-28(38)29-21(7-4-2)15-25-30(26(29)18-36)32(40)34(31(25)39)22-8-5-9-23(16-22)35(41)42/h5,8-9,11-12,14,16-17,25-26,28,30,36-38H,3-4,6-7,10,13,15,18H2,1-2H3/b19-14+/t25-,26+,28-,30-/m1/s1. The van der Waals surface area contributed by atoms with E-state index in [1.165, 1.54) is 30.3 Å². The number of carbonyl (C=O) groups is 2. The average molecular weight is 597 g/mol. The van der Waals surface area contributed by atoms with E-state index < -0.39 is 47.2 Å². The summed E-state index contributed by atoms with van der Waals surface area (Å²) < 4.78 is 0. The van der Waals surface area contributed by atoms with Gasteiger partial charge in [0.15, 0.2) is 0 Å². The number of non-ortho nitro benzene ring substituents is 1. The molecule has 1 saturated heterocycles. The van der Waals surface area contributed by atoms with E-state index in [-0.39, 0.29) is 23.5 Å². The number of nitro groups is 1. The van der Waals surface area contributed by atoms with E-state index in [1.54, 1.807) is 12.1 Å². The van der Waals surface area contributed by atoms with Crippen LogP contribution in [0.2, 0.25) is 5.02 Å². The molecular formula is C32H37ClN2O7. The number of nitrogens with zero attached hydrogens (tertiary/aromatic N) is 2. The number of amides is 2. The van der Waals surface area contributed by atoms with Crippen LogP contribution in [0.4, 0.5) is 11.4 Å². The molecule has 4 atom stereocenters. The minimum Gasteiger partial charge on any atom is -0.508 e. The zero-order valence-electron chi connectivity index (χ0n) is 23.8. The summed E-state index contributed by atoms with van der Waals surface area (Å²) in [6.07, 6.45) is 5.27. The quantitative estimate of drug-likeness (QED) is 0.115. The molecule has 1 fully saturated rings. The second kappa shape index (κ2) is 13.6. The Kier molecular flexibility index (Phi) is 10.2. The fourth-order valence-corrected chi connectivity index (χ4v) is 6.65. The molecule has 1 aliphatic carbocycles. The number of hydrogen-bond acceptors (Lipinski definition) is 7. The Morgan fingerprint density at radius 3 is 2.55 bits per heavy atom. The molecule has 10 heteroatoms. The maximum Gasteiger partial charge on any atom is 0.271 e. The maximum absolute atomic E-state index is 13.7. The van der Waals surface area contributed by atoms with Gasteiger partial charge in [-0.05, 0) is 67.5 Å². The van der Waals surface area contributed by atoms with Crippen molar-refractivity contribution in [3.8, 4) is 5.75 Å². The zero-order chi connectivity index (χ0) is 30.6. The Morgan fingerprint density at radius 2 is 1.90 bits per heavy atom. The first-order valence-electron chi connectivity index (χ1n) is 14.4.